The minimum absolute atomic E-state index is 0.863. The summed E-state index contributed by atoms with van der Waals surface area (Å²) < 4.78 is 9.19. The first-order chi connectivity index (χ1) is 33.2. The molecule has 0 saturated heterocycles. The molecule has 0 aliphatic heterocycles. The maximum Gasteiger partial charge on any atom is 0.145 e. The highest BCUT2D eigenvalue weighted by molar-refractivity contribution is 6.18. The molecule has 0 aliphatic rings. The Balaban J connectivity index is 0.966. The topological polar surface area (TPSA) is 21.3 Å². The second kappa shape index (κ2) is 16.0. The molecular weight excluding hydrogens is 813 g/mol. The summed E-state index contributed by atoms with van der Waals surface area (Å²) in [6.07, 6.45) is 0. The predicted molar refractivity (Wildman–Crippen MR) is 282 cm³/mol. The Morgan fingerprint density at radius 1 is 0.328 bits per heavy atom. The summed E-state index contributed by atoms with van der Waals surface area (Å²) in [7, 11) is 0. The number of aromatic nitrogens is 1. The fourth-order valence-electron chi connectivity index (χ4n) is 10.3. The highest BCUT2D eigenvalue weighted by atomic mass is 16.3. The van der Waals surface area contributed by atoms with Crippen LogP contribution in [0.5, 0.6) is 0 Å². The quantitative estimate of drug-likeness (QED) is 0.152. The van der Waals surface area contributed by atoms with Gasteiger partial charge in [-0.05, 0) is 123 Å². The molecule has 0 saturated carbocycles. The Kier molecular flexibility index (Phi) is 9.17. The lowest BCUT2D eigenvalue weighted by molar-refractivity contribution is 0.670. The van der Waals surface area contributed by atoms with Crippen molar-refractivity contribution in [2.45, 2.75) is 0 Å². The lowest BCUT2D eigenvalue weighted by Gasteiger charge is -2.27. The third kappa shape index (κ3) is 6.51. The average molecular weight is 855 g/mol. The second-order valence-corrected chi connectivity index (χ2v) is 17.2. The number of nitrogens with zero attached hydrogens (tertiary/aromatic N) is 2. The van der Waals surface area contributed by atoms with Gasteiger partial charge in [0, 0.05) is 38.8 Å². The maximum atomic E-state index is 6.81. The van der Waals surface area contributed by atoms with Gasteiger partial charge in [0.2, 0.25) is 0 Å². The van der Waals surface area contributed by atoms with E-state index in [1.54, 1.807) is 0 Å². The van der Waals surface area contributed by atoms with Gasteiger partial charge in [-0.25, -0.2) is 0 Å². The van der Waals surface area contributed by atoms with E-state index in [4.69, 9.17) is 4.42 Å². The van der Waals surface area contributed by atoms with Crippen molar-refractivity contribution in [3.63, 3.8) is 0 Å². The molecule has 0 amide bonds. The standard InChI is InChI=1S/C64H42N2O/c1-3-16-45(17-4-1)55-40-41-60(63-57-26-10-12-31-61(57)67-64(55)63)65(50-36-32-43(33-37-50)47-20-13-21-48(42-47)53-27-14-19-44-18-7-8-24-52(44)53)51-38-34-46(35-39-51)54-28-15-30-59-62(54)56-25-9-11-29-58(56)66(59)49-22-5-2-6-23-49/h1-42H. The predicted octanol–water partition coefficient (Wildman–Crippen LogP) is 18.0. The van der Waals surface area contributed by atoms with Gasteiger partial charge in [-0.3, -0.25) is 0 Å². The fourth-order valence-corrected chi connectivity index (χ4v) is 10.3. The Morgan fingerprint density at radius 2 is 0.896 bits per heavy atom. The van der Waals surface area contributed by atoms with Crippen LogP contribution in [0.1, 0.15) is 0 Å². The molecule has 0 atom stereocenters. The summed E-state index contributed by atoms with van der Waals surface area (Å²) >= 11 is 0. The largest absolute Gasteiger partial charge is 0.455 e. The van der Waals surface area contributed by atoms with Crippen LogP contribution in [0.2, 0.25) is 0 Å². The van der Waals surface area contributed by atoms with E-state index in [1.165, 1.54) is 54.8 Å². The molecule has 2 aromatic heterocycles. The highest BCUT2D eigenvalue weighted by Gasteiger charge is 2.23. The number of fused-ring (bicyclic) bond motifs is 7. The summed E-state index contributed by atoms with van der Waals surface area (Å²) in [5.74, 6) is 0. The molecule has 0 spiro atoms. The molecular formula is C64H42N2O. The lowest BCUT2D eigenvalue weighted by atomic mass is 9.95. The monoisotopic (exact) mass is 854 g/mol. The molecule has 3 nitrogen and oxygen atoms in total. The van der Waals surface area contributed by atoms with Crippen molar-refractivity contribution < 1.29 is 4.42 Å². The highest BCUT2D eigenvalue weighted by Crippen LogP contribution is 2.47. The van der Waals surface area contributed by atoms with E-state index in [0.717, 1.165) is 66.9 Å². The number of furan rings is 1. The van der Waals surface area contributed by atoms with Crippen LogP contribution in [-0.2, 0) is 0 Å². The van der Waals surface area contributed by atoms with Gasteiger partial charge in [-0.1, -0.05) is 182 Å². The zero-order valence-electron chi connectivity index (χ0n) is 36.6. The van der Waals surface area contributed by atoms with Crippen LogP contribution in [0.15, 0.2) is 259 Å². The van der Waals surface area contributed by atoms with E-state index in [1.807, 2.05) is 0 Å². The van der Waals surface area contributed by atoms with Crippen molar-refractivity contribution in [2.75, 3.05) is 4.90 Å². The van der Waals surface area contributed by atoms with Gasteiger partial charge in [0.25, 0.3) is 0 Å². The number of anilines is 3. The van der Waals surface area contributed by atoms with Crippen LogP contribution in [0.3, 0.4) is 0 Å². The minimum atomic E-state index is 0.863. The Bertz CT molecular complexity index is 3950. The molecule has 0 radical (unpaired) electrons. The number of hydrogen-bond donors (Lipinski definition) is 0. The number of hydrogen-bond acceptors (Lipinski definition) is 2. The first-order valence-electron chi connectivity index (χ1n) is 22.9. The van der Waals surface area contributed by atoms with Gasteiger partial charge in [0.1, 0.15) is 11.2 Å². The Hall–Kier alpha value is -8.92. The molecule has 0 fully saturated rings. The van der Waals surface area contributed by atoms with E-state index in [9.17, 15) is 0 Å². The molecule has 11 aromatic carbocycles. The first-order valence-corrected chi connectivity index (χ1v) is 22.9. The van der Waals surface area contributed by atoms with Gasteiger partial charge in [0.05, 0.1) is 22.1 Å². The summed E-state index contributed by atoms with van der Waals surface area (Å²) in [6, 6.07) is 91.7. The molecule has 314 valence electrons. The summed E-state index contributed by atoms with van der Waals surface area (Å²) in [5, 5.41) is 7.13. The van der Waals surface area contributed by atoms with Crippen molar-refractivity contribution in [2.24, 2.45) is 0 Å². The zero-order chi connectivity index (χ0) is 44.3. The summed E-state index contributed by atoms with van der Waals surface area (Å²) in [5.41, 5.74) is 17.7. The molecule has 13 rings (SSSR count). The SMILES string of the molecule is c1ccc(-c2ccc(N(c3ccc(-c4cccc(-c5cccc6ccccc56)c4)cc3)c3ccc(-c4cccc5c4c4ccccc4n5-c4ccccc4)cc3)c3c2oc2ccccc23)cc1. The van der Waals surface area contributed by atoms with Crippen LogP contribution in [0, 0.1) is 0 Å². The van der Waals surface area contributed by atoms with Crippen LogP contribution in [0.25, 0.3) is 105 Å². The molecule has 3 heteroatoms. The van der Waals surface area contributed by atoms with E-state index >= 15 is 0 Å². The Morgan fingerprint density at radius 3 is 1.70 bits per heavy atom. The van der Waals surface area contributed by atoms with Crippen molar-refractivity contribution in [1.82, 2.24) is 4.57 Å². The van der Waals surface area contributed by atoms with E-state index < -0.39 is 0 Å². The van der Waals surface area contributed by atoms with Gasteiger partial charge in [-0.2, -0.15) is 0 Å². The fraction of sp³-hybridized carbons (Fsp3) is 0. The summed E-state index contributed by atoms with van der Waals surface area (Å²) in [6.45, 7) is 0. The Labute approximate surface area is 388 Å². The molecule has 0 unspecified atom stereocenters. The molecule has 67 heavy (non-hydrogen) atoms. The first kappa shape index (κ1) is 38.5. The van der Waals surface area contributed by atoms with Crippen molar-refractivity contribution in [1.29, 1.82) is 0 Å². The third-order valence-corrected chi connectivity index (χ3v) is 13.4. The van der Waals surface area contributed by atoms with Gasteiger partial charge >= 0.3 is 0 Å². The van der Waals surface area contributed by atoms with Crippen molar-refractivity contribution >= 4 is 71.6 Å². The summed E-state index contributed by atoms with van der Waals surface area (Å²) in [4.78, 5) is 2.39. The number of para-hydroxylation sites is 3. The van der Waals surface area contributed by atoms with Crippen molar-refractivity contribution in [3.05, 3.63) is 255 Å². The average Bonchev–Trinajstić information content (AvgIpc) is 3.97. The zero-order valence-corrected chi connectivity index (χ0v) is 36.6. The molecule has 13 aromatic rings. The van der Waals surface area contributed by atoms with Crippen molar-refractivity contribution in [3.8, 4) is 50.2 Å². The van der Waals surface area contributed by atoms with Crippen LogP contribution in [-0.4, -0.2) is 4.57 Å². The molecule has 0 N–H and O–H groups in total. The molecule has 2 heterocycles. The van der Waals surface area contributed by atoms with E-state index in [-0.39, 0.29) is 0 Å². The number of rotatable bonds is 8. The van der Waals surface area contributed by atoms with E-state index in [0.29, 0.717) is 0 Å². The second-order valence-electron chi connectivity index (χ2n) is 17.2. The number of benzene rings is 11. The van der Waals surface area contributed by atoms with Crippen LogP contribution >= 0.6 is 0 Å². The normalized spacial score (nSPS) is 11.6. The minimum Gasteiger partial charge on any atom is -0.455 e. The molecule has 0 aliphatic carbocycles. The third-order valence-electron chi connectivity index (χ3n) is 13.4. The smallest absolute Gasteiger partial charge is 0.145 e. The van der Waals surface area contributed by atoms with E-state index in [2.05, 4.69) is 264 Å². The van der Waals surface area contributed by atoms with Crippen LogP contribution < -0.4 is 4.90 Å². The van der Waals surface area contributed by atoms with Gasteiger partial charge in [0.15, 0.2) is 0 Å². The van der Waals surface area contributed by atoms with Gasteiger partial charge in [-0.15, -0.1) is 0 Å². The lowest BCUT2D eigenvalue weighted by Crippen LogP contribution is -2.10. The van der Waals surface area contributed by atoms with Crippen LogP contribution in [0.4, 0.5) is 17.1 Å². The molecule has 0 bridgehead atoms. The maximum absolute atomic E-state index is 6.81. The van der Waals surface area contributed by atoms with Gasteiger partial charge < -0.3 is 13.9 Å².